The number of thiazole rings is 1. The monoisotopic (exact) mass is 460 g/mol. The van der Waals surface area contributed by atoms with Crippen LogP contribution in [0.25, 0.3) is 11.3 Å². The Bertz CT molecular complexity index is 972. The summed E-state index contributed by atoms with van der Waals surface area (Å²) < 4.78 is 11.3. The third kappa shape index (κ3) is 5.40. The number of benzene rings is 2. The fourth-order valence-electron chi connectivity index (χ4n) is 2.34. The van der Waals surface area contributed by atoms with Crippen LogP contribution in [0.1, 0.15) is 17.3 Å². The summed E-state index contributed by atoms with van der Waals surface area (Å²) >= 11 is 4.72. The maximum absolute atomic E-state index is 12.0. The van der Waals surface area contributed by atoms with Crippen molar-refractivity contribution in [2.45, 2.75) is 6.92 Å². The van der Waals surface area contributed by atoms with Crippen LogP contribution in [0.4, 0.5) is 5.13 Å². The first-order valence-corrected chi connectivity index (χ1v) is 10.1. The lowest BCUT2D eigenvalue weighted by Gasteiger charge is -2.06. The zero-order chi connectivity index (χ0) is 19.9. The normalized spacial score (nSPS) is 10.4. The van der Waals surface area contributed by atoms with Gasteiger partial charge in [0.05, 0.1) is 17.9 Å². The van der Waals surface area contributed by atoms with Gasteiger partial charge in [0.2, 0.25) is 0 Å². The van der Waals surface area contributed by atoms with Gasteiger partial charge in [-0.15, -0.1) is 11.3 Å². The van der Waals surface area contributed by atoms with E-state index in [-0.39, 0.29) is 0 Å². The summed E-state index contributed by atoms with van der Waals surface area (Å²) in [6.45, 7) is 2.03. The Morgan fingerprint density at radius 1 is 1.18 bits per heavy atom. The van der Waals surface area contributed by atoms with Gasteiger partial charge in [-0.2, -0.15) is 0 Å². The van der Waals surface area contributed by atoms with Gasteiger partial charge in [0.15, 0.2) is 11.7 Å². The minimum absolute atomic E-state index is 0.349. The Morgan fingerprint density at radius 2 is 1.96 bits per heavy atom. The third-order valence-corrected chi connectivity index (χ3v) is 4.86. The highest BCUT2D eigenvalue weighted by Crippen LogP contribution is 2.26. The molecule has 0 aliphatic rings. The molecule has 2 aromatic carbocycles. The van der Waals surface area contributed by atoms with Gasteiger partial charge in [-0.1, -0.05) is 28.1 Å². The lowest BCUT2D eigenvalue weighted by atomic mass is 10.2. The molecule has 0 radical (unpaired) electrons. The molecule has 1 amide bonds. The lowest BCUT2D eigenvalue weighted by molar-refractivity contribution is -0.119. The van der Waals surface area contributed by atoms with Crippen LogP contribution in [-0.2, 0) is 9.53 Å². The Kier molecular flexibility index (Phi) is 6.78. The first-order valence-electron chi connectivity index (χ1n) is 8.46. The molecule has 0 atom stereocenters. The molecule has 0 unspecified atom stereocenters. The van der Waals surface area contributed by atoms with Crippen LogP contribution in [0.3, 0.4) is 0 Å². The minimum atomic E-state index is -0.577. The van der Waals surface area contributed by atoms with Crippen molar-refractivity contribution in [3.63, 3.8) is 0 Å². The Morgan fingerprint density at radius 3 is 2.68 bits per heavy atom. The molecule has 0 fully saturated rings. The van der Waals surface area contributed by atoms with Crippen molar-refractivity contribution >= 4 is 44.3 Å². The molecule has 28 heavy (non-hydrogen) atoms. The predicted molar refractivity (Wildman–Crippen MR) is 112 cm³/mol. The average Bonchev–Trinajstić information content (AvgIpc) is 3.15. The van der Waals surface area contributed by atoms with Gasteiger partial charge in [0.25, 0.3) is 5.91 Å². The fraction of sp³-hybridized carbons (Fsp3) is 0.150. The molecule has 1 N–H and O–H groups in total. The molecule has 6 nitrogen and oxygen atoms in total. The second kappa shape index (κ2) is 9.48. The van der Waals surface area contributed by atoms with Crippen LogP contribution < -0.4 is 10.1 Å². The summed E-state index contributed by atoms with van der Waals surface area (Å²) in [5.74, 6) is -0.358. The highest BCUT2D eigenvalue weighted by Gasteiger charge is 2.12. The number of carbonyl (C=O) groups excluding carboxylic acids is 2. The summed E-state index contributed by atoms with van der Waals surface area (Å²) in [5.41, 5.74) is 2.04. The van der Waals surface area contributed by atoms with Crippen LogP contribution >= 0.6 is 27.3 Å². The fourth-order valence-corrected chi connectivity index (χ4v) is 3.47. The molecule has 0 saturated heterocycles. The molecule has 3 aromatic rings. The number of carbonyl (C=O) groups is 2. The molecule has 144 valence electrons. The van der Waals surface area contributed by atoms with Crippen LogP contribution in [0.5, 0.6) is 5.75 Å². The number of hydrogen-bond acceptors (Lipinski definition) is 6. The molecule has 0 saturated carbocycles. The van der Waals surface area contributed by atoms with Crippen molar-refractivity contribution in [1.29, 1.82) is 0 Å². The van der Waals surface area contributed by atoms with Crippen molar-refractivity contribution in [1.82, 2.24) is 4.98 Å². The van der Waals surface area contributed by atoms with E-state index < -0.39 is 18.5 Å². The van der Waals surface area contributed by atoms with Crippen LogP contribution in [-0.4, -0.2) is 30.1 Å². The zero-order valence-electron chi connectivity index (χ0n) is 15.0. The number of nitrogens with zero attached hydrogens (tertiary/aromatic N) is 1. The Labute approximate surface area is 174 Å². The smallest absolute Gasteiger partial charge is 0.338 e. The second-order valence-corrected chi connectivity index (χ2v) is 7.40. The largest absolute Gasteiger partial charge is 0.494 e. The summed E-state index contributed by atoms with van der Waals surface area (Å²) in [6.07, 6.45) is 0. The Hall–Kier alpha value is -2.71. The third-order valence-electron chi connectivity index (χ3n) is 3.61. The first-order chi connectivity index (χ1) is 13.5. The Balaban J connectivity index is 1.52. The first kappa shape index (κ1) is 20.0. The van der Waals surface area contributed by atoms with E-state index in [9.17, 15) is 9.59 Å². The van der Waals surface area contributed by atoms with Crippen LogP contribution in [0.2, 0.25) is 0 Å². The number of nitrogens with one attached hydrogen (secondary N) is 1. The molecular weight excluding hydrogens is 444 g/mol. The van der Waals surface area contributed by atoms with E-state index in [0.717, 1.165) is 15.7 Å². The van der Waals surface area contributed by atoms with Crippen molar-refractivity contribution in [3.8, 4) is 17.0 Å². The molecule has 0 bridgehead atoms. The summed E-state index contributed by atoms with van der Waals surface area (Å²) in [5, 5.41) is 4.93. The second-order valence-electron chi connectivity index (χ2n) is 5.63. The van der Waals surface area contributed by atoms with E-state index in [1.54, 1.807) is 24.3 Å². The highest BCUT2D eigenvalue weighted by atomic mass is 79.9. The number of esters is 1. The molecule has 0 aliphatic carbocycles. The van der Waals surface area contributed by atoms with Crippen molar-refractivity contribution in [2.24, 2.45) is 0 Å². The lowest BCUT2D eigenvalue weighted by Crippen LogP contribution is -2.20. The van der Waals surface area contributed by atoms with E-state index in [2.05, 4.69) is 26.2 Å². The van der Waals surface area contributed by atoms with Crippen molar-refractivity contribution < 1.29 is 19.1 Å². The van der Waals surface area contributed by atoms with Gasteiger partial charge in [-0.05, 0) is 43.3 Å². The number of anilines is 1. The van der Waals surface area contributed by atoms with E-state index in [1.807, 2.05) is 36.6 Å². The summed E-state index contributed by atoms with van der Waals surface area (Å²) in [4.78, 5) is 28.5. The van der Waals surface area contributed by atoms with Gasteiger partial charge < -0.3 is 9.47 Å². The number of amides is 1. The van der Waals surface area contributed by atoms with Gasteiger partial charge in [-0.25, -0.2) is 9.78 Å². The van der Waals surface area contributed by atoms with Crippen LogP contribution in [0, 0.1) is 0 Å². The van der Waals surface area contributed by atoms with Crippen molar-refractivity contribution in [3.05, 3.63) is 63.9 Å². The highest BCUT2D eigenvalue weighted by molar-refractivity contribution is 9.10. The molecule has 1 aromatic heterocycles. The quantitative estimate of drug-likeness (QED) is 0.513. The molecule has 8 heteroatoms. The molecule has 3 rings (SSSR count). The molecule has 0 spiro atoms. The maximum atomic E-state index is 12.0. The zero-order valence-corrected chi connectivity index (χ0v) is 17.4. The maximum Gasteiger partial charge on any atom is 0.338 e. The number of rotatable bonds is 7. The summed E-state index contributed by atoms with van der Waals surface area (Å²) in [7, 11) is 0. The van der Waals surface area contributed by atoms with E-state index >= 15 is 0 Å². The SMILES string of the molecule is CCOc1ccc(C(=O)OCC(=O)Nc2nc(-c3cccc(Br)c3)cs2)cc1. The number of hydrogen-bond donors (Lipinski definition) is 1. The number of halogens is 1. The molecular formula is C20H17BrN2O4S. The van der Waals surface area contributed by atoms with Gasteiger partial charge >= 0.3 is 5.97 Å². The van der Waals surface area contributed by atoms with E-state index in [4.69, 9.17) is 9.47 Å². The van der Waals surface area contributed by atoms with Crippen molar-refractivity contribution in [2.75, 3.05) is 18.5 Å². The van der Waals surface area contributed by atoms with Crippen LogP contribution in [0.15, 0.2) is 58.4 Å². The van der Waals surface area contributed by atoms with E-state index in [0.29, 0.717) is 23.1 Å². The topological polar surface area (TPSA) is 77.5 Å². The van der Waals surface area contributed by atoms with Gasteiger partial charge in [-0.3, -0.25) is 10.1 Å². The predicted octanol–water partition coefficient (Wildman–Crippen LogP) is 4.77. The number of aromatic nitrogens is 1. The van der Waals surface area contributed by atoms with E-state index in [1.165, 1.54) is 11.3 Å². The van der Waals surface area contributed by atoms with Gasteiger partial charge in [0.1, 0.15) is 5.75 Å². The molecule has 0 aliphatic heterocycles. The standard InChI is InChI=1S/C20H17BrN2O4S/c1-2-26-16-8-6-13(7-9-16)19(25)27-11-18(24)23-20-22-17(12-28-20)14-4-3-5-15(21)10-14/h3-10,12H,2,11H2,1H3,(H,22,23,24). The average molecular weight is 461 g/mol. The number of ether oxygens (including phenoxy) is 2. The molecule has 1 heterocycles. The minimum Gasteiger partial charge on any atom is -0.494 e. The van der Waals surface area contributed by atoms with Gasteiger partial charge in [0, 0.05) is 15.4 Å². The summed E-state index contributed by atoms with van der Waals surface area (Å²) in [6, 6.07) is 14.3.